The van der Waals surface area contributed by atoms with Crippen molar-refractivity contribution in [2.45, 2.75) is 65.3 Å². The minimum absolute atomic E-state index is 0.237. The molecular weight excluding hydrogens is 361 g/mol. The summed E-state index contributed by atoms with van der Waals surface area (Å²) in [7, 11) is -0.641. The van der Waals surface area contributed by atoms with E-state index < -0.39 is 48.2 Å². The number of hydrogen-bond acceptors (Lipinski definition) is 6. The van der Waals surface area contributed by atoms with Crippen LogP contribution in [-0.2, 0) is 18.8 Å². The molecule has 28 heavy (non-hydrogen) atoms. The van der Waals surface area contributed by atoms with Crippen molar-refractivity contribution < 1.29 is 28.4 Å². The van der Waals surface area contributed by atoms with Crippen LogP contribution in [0.25, 0.3) is 0 Å². The molecule has 0 aliphatic carbocycles. The molecule has 1 aromatic rings. The number of hydrogen-bond donors (Lipinski definition) is 0. The van der Waals surface area contributed by atoms with E-state index >= 15 is 0 Å². The van der Waals surface area contributed by atoms with Gasteiger partial charge in [-0.1, -0.05) is 6.07 Å². The lowest BCUT2D eigenvalue weighted by atomic mass is 9.78. The quantitative estimate of drug-likeness (QED) is 0.448. The van der Waals surface area contributed by atoms with Gasteiger partial charge < -0.3 is 14.0 Å². The summed E-state index contributed by atoms with van der Waals surface area (Å²) in [5, 5.41) is 0. The number of nitrogens with zero attached hydrogens (tertiary/aromatic N) is 1. The summed E-state index contributed by atoms with van der Waals surface area (Å²) >= 11 is 0. The van der Waals surface area contributed by atoms with Crippen LogP contribution >= 0.6 is 0 Å². The highest BCUT2D eigenvalue weighted by Gasteiger charge is 2.52. The Morgan fingerprint density at radius 3 is 2.11 bits per heavy atom. The number of carbonyl (C=O) groups excluding carboxylic acids is 3. The topological polar surface area (TPSA) is 82.1 Å². The van der Waals surface area contributed by atoms with E-state index in [9.17, 15) is 14.4 Å². The summed E-state index contributed by atoms with van der Waals surface area (Å²) in [6.07, 6.45) is 0. The van der Waals surface area contributed by atoms with Gasteiger partial charge in [-0.2, -0.15) is 0 Å². The first-order valence-electron chi connectivity index (χ1n) is 9.29. The zero-order valence-electron chi connectivity index (χ0n) is 17.4. The van der Waals surface area contributed by atoms with Gasteiger partial charge in [-0.3, -0.25) is 19.3 Å². The zero-order valence-corrected chi connectivity index (χ0v) is 17.4. The van der Waals surface area contributed by atoms with Gasteiger partial charge in [0, 0.05) is 0 Å². The molecule has 1 saturated heterocycles. The molecule has 2 heterocycles. The second-order valence-electron chi connectivity index (χ2n) is 9.18. The number of ether oxygens (including phenoxy) is 1. The fourth-order valence-electron chi connectivity index (χ4n) is 3.08. The average Bonchev–Trinajstić information content (AvgIpc) is 2.90. The van der Waals surface area contributed by atoms with Gasteiger partial charge in [-0.05, 0) is 66.1 Å². The van der Waals surface area contributed by atoms with E-state index in [1.54, 1.807) is 39.0 Å². The summed E-state index contributed by atoms with van der Waals surface area (Å²) < 4.78 is 17.2. The van der Waals surface area contributed by atoms with E-state index in [1.165, 1.54) is 0 Å². The molecule has 3 rings (SSSR count). The number of rotatable bonds is 3. The first-order chi connectivity index (χ1) is 12.7. The summed E-state index contributed by atoms with van der Waals surface area (Å²) in [6, 6.07) is 4.89. The molecule has 2 aliphatic rings. The Bertz CT molecular complexity index is 839. The Hall–Kier alpha value is -2.19. The molecular formula is C20H26BNO6. The maximum Gasteiger partial charge on any atom is 0.494 e. The molecule has 2 amide bonds. The van der Waals surface area contributed by atoms with Crippen molar-refractivity contribution in [1.82, 2.24) is 4.90 Å². The maximum absolute atomic E-state index is 12.7. The van der Waals surface area contributed by atoms with Crippen LogP contribution in [0.15, 0.2) is 18.2 Å². The highest BCUT2D eigenvalue weighted by molar-refractivity contribution is 6.62. The molecule has 2 aliphatic heterocycles. The van der Waals surface area contributed by atoms with Gasteiger partial charge in [0.2, 0.25) is 0 Å². The van der Waals surface area contributed by atoms with Crippen molar-refractivity contribution in [1.29, 1.82) is 0 Å². The van der Waals surface area contributed by atoms with Crippen LogP contribution in [0, 0.1) is 0 Å². The maximum atomic E-state index is 12.7. The van der Waals surface area contributed by atoms with Crippen LogP contribution in [0.4, 0.5) is 0 Å². The fraction of sp³-hybridized carbons (Fsp3) is 0.550. The molecule has 7 nitrogen and oxygen atoms in total. The zero-order chi connectivity index (χ0) is 21.1. The normalized spacial score (nSPS) is 20.5. The molecule has 0 saturated carbocycles. The van der Waals surface area contributed by atoms with Crippen molar-refractivity contribution in [3.8, 4) is 0 Å². The number of imide groups is 1. The van der Waals surface area contributed by atoms with Gasteiger partial charge in [0.25, 0.3) is 11.8 Å². The van der Waals surface area contributed by atoms with E-state index in [4.69, 9.17) is 14.0 Å². The van der Waals surface area contributed by atoms with E-state index in [-0.39, 0.29) is 11.1 Å². The lowest BCUT2D eigenvalue weighted by Crippen LogP contribution is -2.41. The van der Waals surface area contributed by atoms with E-state index in [0.29, 0.717) is 5.46 Å². The molecule has 0 atom stereocenters. The third-order valence-corrected chi connectivity index (χ3v) is 5.23. The molecule has 1 fully saturated rings. The van der Waals surface area contributed by atoms with Crippen molar-refractivity contribution in [2.75, 3.05) is 6.54 Å². The van der Waals surface area contributed by atoms with Gasteiger partial charge in [-0.15, -0.1) is 0 Å². The minimum Gasteiger partial charge on any atom is -0.459 e. The average molecular weight is 387 g/mol. The number of benzene rings is 1. The predicted molar refractivity (Wildman–Crippen MR) is 103 cm³/mol. The third kappa shape index (κ3) is 3.58. The molecule has 0 radical (unpaired) electrons. The summed E-state index contributed by atoms with van der Waals surface area (Å²) in [5.41, 5.74) is -0.578. The Balaban J connectivity index is 1.82. The first kappa shape index (κ1) is 20.5. The number of carbonyl (C=O) groups is 3. The number of amides is 2. The highest BCUT2D eigenvalue weighted by Crippen LogP contribution is 2.36. The van der Waals surface area contributed by atoms with E-state index in [0.717, 1.165) is 4.90 Å². The summed E-state index contributed by atoms with van der Waals surface area (Å²) in [4.78, 5) is 38.3. The highest BCUT2D eigenvalue weighted by atomic mass is 16.7. The van der Waals surface area contributed by atoms with Crippen LogP contribution in [0.1, 0.15) is 69.2 Å². The number of esters is 1. The van der Waals surface area contributed by atoms with Gasteiger partial charge >= 0.3 is 13.1 Å². The van der Waals surface area contributed by atoms with Crippen LogP contribution in [0.3, 0.4) is 0 Å². The third-order valence-electron chi connectivity index (χ3n) is 5.23. The second kappa shape index (κ2) is 6.42. The Morgan fingerprint density at radius 1 is 1.04 bits per heavy atom. The SMILES string of the molecule is CC(C)(C)OC(=O)CN1C(=O)c2ccc(B3OC(C)(C)C(C)(C)O3)cc2C1=O. The monoisotopic (exact) mass is 387 g/mol. The molecule has 0 spiro atoms. The molecule has 1 aromatic carbocycles. The predicted octanol–water partition coefficient (Wildman–Crippen LogP) is 1.92. The lowest BCUT2D eigenvalue weighted by molar-refractivity contribution is -0.155. The van der Waals surface area contributed by atoms with Crippen molar-refractivity contribution in [2.24, 2.45) is 0 Å². The first-order valence-corrected chi connectivity index (χ1v) is 9.29. The molecule has 0 bridgehead atoms. The van der Waals surface area contributed by atoms with Gasteiger partial charge in [0.1, 0.15) is 12.1 Å². The molecule has 0 aromatic heterocycles. The van der Waals surface area contributed by atoms with Crippen LogP contribution in [0.5, 0.6) is 0 Å². The Labute approximate surface area is 165 Å². The van der Waals surface area contributed by atoms with Crippen molar-refractivity contribution in [3.63, 3.8) is 0 Å². The second-order valence-corrected chi connectivity index (χ2v) is 9.18. The summed E-state index contributed by atoms with van der Waals surface area (Å²) in [5.74, 6) is -1.66. The van der Waals surface area contributed by atoms with Crippen LogP contribution in [-0.4, -0.2) is 53.1 Å². The summed E-state index contributed by atoms with van der Waals surface area (Å²) in [6.45, 7) is 12.5. The van der Waals surface area contributed by atoms with E-state index in [1.807, 2.05) is 27.7 Å². The number of fused-ring (bicyclic) bond motifs is 1. The van der Waals surface area contributed by atoms with E-state index in [2.05, 4.69) is 0 Å². The van der Waals surface area contributed by atoms with Crippen LogP contribution in [0.2, 0.25) is 0 Å². The molecule has 0 unspecified atom stereocenters. The standard InChI is InChI=1S/C20H26BNO6/c1-18(2,3)26-15(23)11-22-16(24)13-9-8-12(10-14(13)17(22)25)21-27-19(4,5)20(6,7)28-21/h8-10H,11H2,1-7H3. The van der Waals surface area contributed by atoms with Crippen LogP contribution < -0.4 is 5.46 Å². The van der Waals surface area contributed by atoms with Crippen molar-refractivity contribution in [3.05, 3.63) is 29.3 Å². The molecule has 8 heteroatoms. The smallest absolute Gasteiger partial charge is 0.459 e. The van der Waals surface area contributed by atoms with Gasteiger partial charge in [0.05, 0.1) is 22.3 Å². The molecule has 0 N–H and O–H groups in total. The van der Waals surface area contributed by atoms with Gasteiger partial charge in [0.15, 0.2) is 0 Å². The Morgan fingerprint density at radius 2 is 1.57 bits per heavy atom. The lowest BCUT2D eigenvalue weighted by Gasteiger charge is -2.32. The largest absolute Gasteiger partial charge is 0.494 e. The fourth-order valence-corrected chi connectivity index (χ4v) is 3.08. The molecule has 150 valence electrons. The Kier molecular flexibility index (Phi) is 4.71. The minimum atomic E-state index is -0.695. The van der Waals surface area contributed by atoms with Gasteiger partial charge in [-0.25, -0.2) is 0 Å². The van der Waals surface area contributed by atoms with Crippen molar-refractivity contribution >= 4 is 30.4 Å².